The Morgan fingerprint density at radius 2 is 1.52 bits per heavy atom. The van der Waals surface area contributed by atoms with E-state index in [1.165, 1.54) is 6.20 Å². The number of nitrogens with zero attached hydrogens (tertiary/aromatic N) is 1. The van der Waals surface area contributed by atoms with E-state index in [2.05, 4.69) is 15.6 Å². The van der Waals surface area contributed by atoms with Crippen LogP contribution in [0.4, 0.5) is 5.82 Å². The molecule has 27 heavy (non-hydrogen) atoms. The Morgan fingerprint density at radius 1 is 0.852 bits per heavy atom. The molecule has 0 atom stereocenters. The van der Waals surface area contributed by atoms with Crippen molar-refractivity contribution in [1.29, 1.82) is 0 Å². The molecule has 0 aliphatic rings. The third-order valence-corrected chi connectivity index (χ3v) is 4.07. The van der Waals surface area contributed by atoms with Crippen molar-refractivity contribution in [1.82, 2.24) is 10.3 Å². The first kappa shape index (κ1) is 18.3. The van der Waals surface area contributed by atoms with E-state index in [-0.39, 0.29) is 11.8 Å². The summed E-state index contributed by atoms with van der Waals surface area (Å²) in [4.78, 5) is 28.6. The molecule has 3 rings (SSSR count). The van der Waals surface area contributed by atoms with Crippen LogP contribution in [0.5, 0.6) is 0 Å². The van der Waals surface area contributed by atoms with Gasteiger partial charge in [0.1, 0.15) is 5.82 Å². The number of aryl methyl sites for hydroxylation is 1. The first-order valence-corrected chi connectivity index (χ1v) is 8.82. The van der Waals surface area contributed by atoms with Gasteiger partial charge in [0.05, 0.1) is 0 Å². The number of rotatable bonds is 7. The minimum absolute atomic E-state index is 0.131. The highest BCUT2D eigenvalue weighted by molar-refractivity contribution is 5.96. The fourth-order valence-electron chi connectivity index (χ4n) is 2.63. The average molecular weight is 359 g/mol. The van der Waals surface area contributed by atoms with Gasteiger partial charge in [-0.25, -0.2) is 4.98 Å². The quantitative estimate of drug-likeness (QED) is 0.677. The molecule has 136 valence electrons. The van der Waals surface area contributed by atoms with Crippen LogP contribution in [0.3, 0.4) is 0 Å². The molecule has 2 N–H and O–H groups in total. The van der Waals surface area contributed by atoms with E-state index >= 15 is 0 Å². The predicted octanol–water partition coefficient (Wildman–Crippen LogP) is 3.58. The van der Waals surface area contributed by atoms with Crippen LogP contribution in [0.15, 0.2) is 79.0 Å². The van der Waals surface area contributed by atoms with E-state index in [4.69, 9.17) is 0 Å². The summed E-state index contributed by atoms with van der Waals surface area (Å²) in [5.41, 5.74) is 2.59. The smallest absolute Gasteiger partial charge is 0.251 e. The van der Waals surface area contributed by atoms with Gasteiger partial charge in [0.25, 0.3) is 5.91 Å². The van der Waals surface area contributed by atoms with Crippen LogP contribution in [0.25, 0.3) is 0 Å². The molecule has 0 fully saturated rings. The van der Waals surface area contributed by atoms with Crippen LogP contribution in [-0.2, 0) is 17.8 Å². The van der Waals surface area contributed by atoms with Gasteiger partial charge in [-0.3, -0.25) is 9.59 Å². The molecule has 1 aromatic heterocycles. The Hall–Kier alpha value is -3.47. The topological polar surface area (TPSA) is 71.1 Å². The molecule has 1 heterocycles. The monoisotopic (exact) mass is 359 g/mol. The summed E-state index contributed by atoms with van der Waals surface area (Å²) in [6.07, 6.45) is 2.53. The minimum Gasteiger partial charge on any atom is -0.348 e. The van der Waals surface area contributed by atoms with Crippen LogP contribution >= 0.6 is 0 Å². The van der Waals surface area contributed by atoms with Gasteiger partial charge in [-0.1, -0.05) is 60.7 Å². The number of benzene rings is 2. The standard InChI is InChI=1S/C22H21N3O2/c26-21(12-11-17-7-3-1-4-8-17)25-20-15-19(13-14-23-20)22(27)24-16-18-9-5-2-6-10-18/h1-10,13-15H,11-12,16H2,(H,24,27)(H,23,25,26). The van der Waals surface area contributed by atoms with Gasteiger partial charge in [-0.05, 0) is 29.7 Å². The van der Waals surface area contributed by atoms with Gasteiger partial charge in [0.2, 0.25) is 5.91 Å². The highest BCUT2D eigenvalue weighted by Crippen LogP contribution is 2.09. The molecule has 5 nitrogen and oxygen atoms in total. The number of amides is 2. The lowest BCUT2D eigenvalue weighted by Gasteiger charge is -2.08. The van der Waals surface area contributed by atoms with Crippen LogP contribution in [0, 0.1) is 0 Å². The van der Waals surface area contributed by atoms with Crippen molar-refractivity contribution in [3.63, 3.8) is 0 Å². The lowest BCUT2D eigenvalue weighted by atomic mass is 10.1. The van der Waals surface area contributed by atoms with Crippen molar-refractivity contribution in [3.05, 3.63) is 95.7 Å². The first-order chi connectivity index (χ1) is 13.2. The minimum atomic E-state index is -0.207. The zero-order valence-electron chi connectivity index (χ0n) is 14.9. The van der Waals surface area contributed by atoms with Crippen molar-refractivity contribution in [2.45, 2.75) is 19.4 Å². The van der Waals surface area contributed by atoms with Gasteiger partial charge >= 0.3 is 0 Å². The number of hydrogen-bond donors (Lipinski definition) is 2. The van der Waals surface area contributed by atoms with Crippen LogP contribution in [-0.4, -0.2) is 16.8 Å². The second kappa shape index (κ2) is 9.29. The molecule has 0 unspecified atom stereocenters. The molecule has 3 aromatic rings. The number of anilines is 1. The Kier molecular flexibility index (Phi) is 6.30. The fraction of sp³-hybridized carbons (Fsp3) is 0.136. The highest BCUT2D eigenvalue weighted by Gasteiger charge is 2.09. The number of aromatic nitrogens is 1. The lowest BCUT2D eigenvalue weighted by Crippen LogP contribution is -2.23. The largest absolute Gasteiger partial charge is 0.348 e. The Labute approximate surface area is 158 Å². The molecule has 0 saturated heterocycles. The molecule has 0 aliphatic carbocycles. The number of hydrogen-bond acceptors (Lipinski definition) is 3. The van der Waals surface area contributed by atoms with Crippen molar-refractivity contribution >= 4 is 17.6 Å². The number of carbonyl (C=O) groups is 2. The maximum atomic E-state index is 12.3. The maximum Gasteiger partial charge on any atom is 0.251 e. The second-order valence-corrected chi connectivity index (χ2v) is 6.13. The summed E-state index contributed by atoms with van der Waals surface area (Å²) in [6, 6.07) is 22.7. The van der Waals surface area contributed by atoms with E-state index < -0.39 is 0 Å². The van der Waals surface area contributed by atoms with Crippen LogP contribution < -0.4 is 10.6 Å². The van der Waals surface area contributed by atoms with Gasteiger partial charge in [-0.15, -0.1) is 0 Å². The maximum absolute atomic E-state index is 12.3. The number of nitrogens with one attached hydrogen (secondary N) is 2. The van der Waals surface area contributed by atoms with E-state index in [1.54, 1.807) is 12.1 Å². The molecule has 2 aromatic carbocycles. The summed E-state index contributed by atoms with van der Waals surface area (Å²) in [5, 5.41) is 5.61. The summed E-state index contributed by atoms with van der Waals surface area (Å²) in [5.74, 6) is 0.0367. The zero-order chi connectivity index (χ0) is 18.9. The van der Waals surface area contributed by atoms with Crippen molar-refractivity contribution in [2.75, 3.05) is 5.32 Å². The molecular formula is C22H21N3O2. The van der Waals surface area contributed by atoms with Crippen LogP contribution in [0.1, 0.15) is 27.9 Å². The van der Waals surface area contributed by atoms with E-state index in [9.17, 15) is 9.59 Å². The Balaban J connectivity index is 1.53. The van der Waals surface area contributed by atoms with Gasteiger partial charge in [0, 0.05) is 24.7 Å². The molecule has 0 spiro atoms. The third kappa shape index (κ3) is 5.78. The van der Waals surface area contributed by atoms with Crippen LogP contribution in [0.2, 0.25) is 0 Å². The molecule has 0 aliphatic heterocycles. The number of carbonyl (C=O) groups excluding carboxylic acids is 2. The SMILES string of the molecule is O=C(CCc1ccccc1)Nc1cc(C(=O)NCc2ccccc2)ccn1. The molecule has 0 saturated carbocycles. The molecule has 5 heteroatoms. The molecule has 0 radical (unpaired) electrons. The Morgan fingerprint density at radius 3 is 2.22 bits per heavy atom. The summed E-state index contributed by atoms with van der Waals surface area (Å²) >= 11 is 0. The van der Waals surface area contributed by atoms with Crippen molar-refractivity contribution in [3.8, 4) is 0 Å². The zero-order valence-corrected chi connectivity index (χ0v) is 14.9. The summed E-state index contributed by atoms with van der Waals surface area (Å²) in [6.45, 7) is 0.445. The van der Waals surface area contributed by atoms with E-state index in [0.29, 0.717) is 30.8 Å². The second-order valence-electron chi connectivity index (χ2n) is 6.13. The first-order valence-electron chi connectivity index (χ1n) is 8.82. The highest BCUT2D eigenvalue weighted by atomic mass is 16.2. The van der Waals surface area contributed by atoms with Gasteiger partial charge in [-0.2, -0.15) is 0 Å². The van der Waals surface area contributed by atoms with Crippen molar-refractivity contribution in [2.24, 2.45) is 0 Å². The third-order valence-electron chi connectivity index (χ3n) is 4.07. The van der Waals surface area contributed by atoms with Crippen molar-refractivity contribution < 1.29 is 9.59 Å². The lowest BCUT2D eigenvalue weighted by molar-refractivity contribution is -0.116. The summed E-state index contributed by atoms with van der Waals surface area (Å²) < 4.78 is 0. The summed E-state index contributed by atoms with van der Waals surface area (Å²) in [7, 11) is 0. The fourth-order valence-corrected chi connectivity index (χ4v) is 2.63. The van der Waals surface area contributed by atoms with E-state index in [0.717, 1.165) is 11.1 Å². The Bertz CT molecular complexity index is 896. The molecule has 0 bridgehead atoms. The molecule has 2 amide bonds. The molecular weight excluding hydrogens is 338 g/mol. The van der Waals surface area contributed by atoms with E-state index in [1.807, 2.05) is 60.7 Å². The average Bonchev–Trinajstić information content (AvgIpc) is 2.72. The predicted molar refractivity (Wildman–Crippen MR) is 105 cm³/mol. The van der Waals surface area contributed by atoms with Gasteiger partial charge in [0.15, 0.2) is 0 Å². The normalized spacial score (nSPS) is 10.2. The number of pyridine rings is 1. The van der Waals surface area contributed by atoms with Gasteiger partial charge < -0.3 is 10.6 Å².